The van der Waals surface area contributed by atoms with E-state index in [0.29, 0.717) is 24.9 Å². The average molecular weight is 354 g/mol. The third kappa shape index (κ3) is 3.31. The molecule has 6 heteroatoms. The molecular formula is C20H22N2O4. The fourth-order valence-corrected chi connectivity index (χ4v) is 3.52. The van der Waals surface area contributed by atoms with Crippen molar-refractivity contribution in [2.45, 2.75) is 24.8 Å². The van der Waals surface area contributed by atoms with Crippen molar-refractivity contribution in [1.82, 2.24) is 10.2 Å². The van der Waals surface area contributed by atoms with E-state index < -0.39 is 0 Å². The molecule has 2 amide bonds. The fraction of sp³-hybridized carbons (Fsp3) is 0.400. The van der Waals surface area contributed by atoms with Crippen LogP contribution in [0.1, 0.15) is 34.9 Å². The summed E-state index contributed by atoms with van der Waals surface area (Å²) in [6, 6.07) is 11.4. The zero-order valence-corrected chi connectivity index (χ0v) is 14.7. The molecule has 1 saturated heterocycles. The molecular weight excluding hydrogens is 332 g/mol. The van der Waals surface area contributed by atoms with Crippen LogP contribution in [0.4, 0.5) is 0 Å². The van der Waals surface area contributed by atoms with Crippen molar-refractivity contribution >= 4 is 11.8 Å². The van der Waals surface area contributed by atoms with Crippen molar-refractivity contribution in [1.29, 1.82) is 0 Å². The first kappa shape index (κ1) is 16.7. The Hall–Kier alpha value is -2.76. The standard InChI is InChI=1S/C20H22N2O4/c1-25-15-8-4-13(5-9-15)16-11-22(20(24)18-3-2-10-26-18)12-17(16)19(23)21-14-6-7-14/h2-5,8-10,14,16-17H,6-7,11-12H2,1H3,(H,21,23). The molecule has 6 nitrogen and oxygen atoms in total. The lowest BCUT2D eigenvalue weighted by molar-refractivity contribution is -0.125. The van der Waals surface area contributed by atoms with Crippen LogP contribution in [0.2, 0.25) is 0 Å². The third-order valence-electron chi connectivity index (χ3n) is 5.14. The van der Waals surface area contributed by atoms with E-state index in [1.54, 1.807) is 24.1 Å². The Kier molecular flexibility index (Phi) is 4.41. The first-order chi connectivity index (χ1) is 12.7. The largest absolute Gasteiger partial charge is 0.497 e. The van der Waals surface area contributed by atoms with E-state index in [9.17, 15) is 9.59 Å². The third-order valence-corrected chi connectivity index (χ3v) is 5.14. The molecule has 2 aromatic rings. The van der Waals surface area contributed by atoms with Gasteiger partial charge in [-0.3, -0.25) is 9.59 Å². The number of carbonyl (C=O) groups excluding carboxylic acids is 2. The topological polar surface area (TPSA) is 71.8 Å². The molecule has 1 aliphatic heterocycles. The molecule has 2 fully saturated rings. The number of likely N-dealkylation sites (tertiary alicyclic amines) is 1. The van der Waals surface area contributed by atoms with E-state index in [1.165, 1.54) is 6.26 Å². The van der Waals surface area contributed by atoms with Gasteiger partial charge in [0.05, 0.1) is 19.3 Å². The number of amides is 2. The van der Waals surface area contributed by atoms with Crippen molar-refractivity contribution in [3.05, 3.63) is 54.0 Å². The van der Waals surface area contributed by atoms with Gasteiger partial charge in [0.1, 0.15) is 5.75 Å². The number of carbonyl (C=O) groups is 2. The second-order valence-corrected chi connectivity index (χ2v) is 6.96. The lowest BCUT2D eigenvalue weighted by Crippen LogP contribution is -2.36. The van der Waals surface area contributed by atoms with Gasteiger partial charge in [0.15, 0.2) is 5.76 Å². The van der Waals surface area contributed by atoms with Crippen molar-refractivity contribution in [3.8, 4) is 5.75 Å². The number of benzene rings is 1. The average Bonchev–Trinajstić information content (AvgIpc) is 3.16. The second-order valence-electron chi connectivity index (χ2n) is 6.96. The maximum atomic E-state index is 12.8. The molecule has 1 saturated carbocycles. The molecule has 136 valence electrons. The van der Waals surface area contributed by atoms with Gasteiger partial charge in [-0.15, -0.1) is 0 Å². The number of hydrogen-bond acceptors (Lipinski definition) is 4. The summed E-state index contributed by atoms with van der Waals surface area (Å²) in [4.78, 5) is 27.1. The molecule has 0 bridgehead atoms. The van der Waals surface area contributed by atoms with Gasteiger partial charge in [-0.25, -0.2) is 0 Å². The van der Waals surface area contributed by atoms with Gasteiger partial charge in [0.25, 0.3) is 5.91 Å². The van der Waals surface area contributed by atoms with E-state index >= 15 is 0 Å². The van der Waals surface area contributed by atoms with Crippen LogP contribution in [-0.4, -0.2) is 43.0 Å². The second kappa shape index (κ2) is 6.86. The zero-order chi connectivity index (χ0) is 18.1. The van der Waals surface area contributed by atoms with Crippen LogP contribution < -0.4 is 10.1 Å². The summed E-state index contributed by atoms with van der Waals surface area (Å²) in [7, 11) is 1.63. The normalized spacial score (nSPS) is 22.3. The first-order valence-corrected chi connectivity index (χ1v) is 8.93. The monoisotopic (exact) mass is 354 g/mol. The Balaban J connectivity index is 1.57. The van der Waals surface area contributed by atoms with Crippen LogP contribution in [0, 0.1) is 5.92 Å². The molecule has 0 radical (unpaired) electrons. The van der Waals surface area contributed by atoms with Crippen molar-refractivity contribution in [3.63, 3.8) is 0 Å². The summed E-state index contributed by atoms with van der Waals surface area (Å²) >= 11 is 0. The number of methoxy groups -OCH3 is 1. The summed E-state index contributed by atoms with van der Waals surface area (Å²) in [5.41, 5.74) is 1.04. The maximum Gasteiger partial charge on any atom is 0.289 e. The molecule has 2 unspecified atom stereocenters. The molecule has 4 rings (SSSR count). The Morgan fingerprint density at radius 2 is 1.92 bits per heavy atom. The van der Waals surface area contributed by atoms with Crippen LogP contribution in [0.25, 0.3) is 0 Å². The minimum atomic E-state index is -0.261. The van der Waals surface area contributed by atoms with Gasteiger partial charge in [0.2, 0.25) is 5.91 Å². The number of furan rings is 1. The SMILES string of the molecule is COc1ccc(C2CN(C(=O)c3ccco3)CC2C(=O)NC2CC2)cc1. The highest BCUT2D eigenvalue weighted by Gasteiger charge is 2.42. The van der Waals surface area contributed by atoms with E-state index in [0.717, 1.165) is 24.2 Å². The van der Waals surface area contributed by atoms with Gasteiger partial charge in [-0.2, -0.15) is 0 Å². The zero-order valence-electron chi connectivity index (χ0n) is 14.7. The van der Waals surface area contributed by atoms with Gasteiger partial charge in [-0.05, 0) is 42.7 Å². The molecule has 0 spiro atoms. The Morgan fingerprint density at radius 3 is 2.54 bits per heavy atom. The predicted molar refractivity (Wildman–Crippen MR) is 95.0 cm³/mol. The van der Waals surface area contributed by atoms with Gasteiger partial charge in [-0.1, -0.05) is 12.1 Å². The maximum absolute atomic E-state index is 12.8. The van der Waals surface area contributed by atoms with Gasteiger partial charge >= 0.3 is 0 Å². The van der Waals surface area contributed by atoms with Crippen molar-refractivity contribution < 1.29 is 18.7 Å². The number of rotatable bonds is 5. The quantitative estimate of drug-likeness (QED) is 0.895. The molecule has 1 aromatic carbocycles. The smallest absolute Gasteiger partial charge is 0.289 e. The van der Waals surface area contributed by atoms with Crippen LogP contribution in [0.15, 0.2) is 47.1 Å². The summed E-state index contributed by atoms with van der Waals surface area (Å²) in [5.74, 6) is 0.635. The first-order valence-electron chi connectivity index (χ1n) is 8.93. The van der Waals surface area contributed by atoms with Crippen LogP contribution in [0.3, 0.4) is 0 Å². The number of nitrogens with zero attached hydrogens (tertiary/aromatic N) is 1. The number of hydrogen-bond donors (Lipinski definition) is 1. The minimum Gasteiger partial charge on any atom is -0.497 e. The highest BCUT2D eigenvalue weighted by molar-refractivity contribution is 5.92. The molecule has 2 atom stereocenters. The fourth-order valence-electron chi connectivity index (χ4n) is 3.52. The highest BCUT2D eigenvalue weighted by atomic mass is 16.5. The van der Waals surface area contributed by atoms with Gasteiger partial charge < -0.3 is 19.4 Å². The van der Waals surface area contributed by atoms with E-state index in [1.807, 2.05) is 24.3 Å². The van der Waals surface area contributed by atoms with Crippen molar-refractivity contribution in [2.75, 3.05) is 20.2 Å². The summed E-state index contributed by atoms with van der Waals surface area (Å²) in [5, 5.41) is 3.09. The minimum absolute atomic E-state index is 0.0306. The molecule has 1 N–H and O–H groups in total. The van der Waals surface area contributed by atoms with Crippen LogP contribution in [0.5, 0.6) is 5.75 Å². The van der Waals surface area contributed by atoms with E-state index in [4.69, 9.17) is 9.15 Å². The van der Waals surface area contributed by atoms with Crippen LogP contribution >= 0.6 is 0 Å². The Bertz CT molecular complexity index is 781. The lowest BCUT2D eigenvalue weighted by Gasteiger charge is -2.18. The van der Waals surface area contributed by atoms with Gasteiger partial charge in [0, 0.05) is 25.0 Å². The Morgan fingerprint density at radius 1 is 1.15 bits per heavy atom. The molecule has 26 heavy (non-hydrogen) atoms. The highest BCUT2D eigenvalue weighted by Crippen LogP contribution is 2.35. The predicted octanol–water partition coefficient (Wildman–Crippen LogP) is 2.42. The van der Waals surface area contributed by atoms with Crippen molar-refractivity contribution in [2.24, 2.45) is 5.92 Å². The summed E-state index contributed by atoms with van der Waals surface area (Å²) in [6.45, 7) is 0.892. The molecule has 1 aromatic heterocycles. The Labute approximate surface area is 152 Å². The van der Waals surface area contributed by atoms with E-state index in [2.05, 4.69) is 5.32 Å². The summed E-state index contributed by atoms with van der Waals surface area (Å²) in [6.07, 6.45) is 3.57. The molecule has 2 heterocycles. The lowest BCUT2D eigenvalue weighted by atomic mass is 9.88. The number of ether oxygens (including phenoxy) is 1. The van der Waals surface area contributed by atoms with Crippen LogP contribution in [-0.2, 0) is 4.79 Å². The van der Waals surface area contributed by atoms with E-state index in [-0.39, 0.29) is 23.7 Å². The molecule has 2 aliphatic rings. The molecule has 1 aliphatic carbocycles. The summed E-state index contributed by atoms with van der Waals surface area (Å²) < 4.78 is 10.5. The number of nitrogens with one attached hydrogen (secondary N) is 1.